The Morgan fingerprint density at radius 3 is 2.43 bits per heavy atom. The van der Waals surface area contributed by atoms with Gasteiger partial charge in [0.05, 0.1) is 5.60 Å². The number of carbonyl (C=O) groups excluding carboxylic acids is 2. The van der Waals surface area contributed by atoms with Gasteiger partial charge in [0.1, 0.15) is 0 Å². The topological polar surface area (TPSA) is 93.7 Å². The van der Waals surface area contributed by atoms with Crippen LogP contribution in [0.4, 0.5) is 4.79 Å². The van der Waals surface area contributed by atoms with Gasteiger partial charge in [0.25, 0.3) is 0 Å². The molecule has 37 heavy (non-hydrogen) atoms. The number of rotatable bonds is 11. The highest BCUT2D eigenvalue weighted by Crippen LogP contribution is 2.40. The van der Waals surface area contributed by atoms with Crippen molar-refractivity contribution in [3.05, 3.63) is 34.9 Å². The molecule has 4 N–H and O–H groups in total. The van der Waals surface area contributed by atoms with Crippen LogP contribution >= 0.6 is 0 Å². The van der Waals surface area contributed by atoms with Crippen LogP contribution in [0.25, 0.3) is 0 Å². The lowest BCUT2D eigenvalue weighted by atomic mass is 9.73. The Balaban J connectivity index is 1.71. The predicted molar refractivity (Wildman–Crippen MR) is 149 cm³/mol. The monoisotopic (exact) mass is 514 g/mol. The molecule has 3 atom stereocenters. The van der Waals surface area contributed by atoms with Gasteiger partial charge >= 0.3 is 6.03 Å². The molecule has 3 amide bonds. The van der Waals surface area contributed by atoms with Gasteiger partial charge in [-0.2, -0.15) is 0 Å². The fourth-order valence-electron chi connectivity index (χ4n) is 6.51. The van der Waals surface area contributed by atoms with Gasteiger partial charge < -0.3 is 26.0 Å². The number of likely N-dealkylation sites (tertiary alicyclic amines) is 1. The zero-order valence-corrected chi connectivity index (χ0v) is 23.6. The Hall–Kier alpha value is -2.12. The zero-order valence-electron chi connectivity index (χ0n) is 23.6. The SMILES string of the molecule is CNCC(CC1CCCCC1)NC(=O)N1CCC[C@@H]([C@@](O)(CCCNC(C)=O)c2cc(C)cc(C)c2)C1. The average molecular weight is 515 g/mol. The van der Waals surface area contributed by atoms with Crippen LogP contribution in [0.1, 0.15) is 87.8 Å². The zero-order chi connectivity index (χ0) is 26.8. The summed E-state index contributed by atoms with van der Waals surface area (Å²) < 4.78 is 0. The highest BCUT2D eigenvalue weighted by molar-refractivity contribution is 5.74. The van der Waals surface area contributed by atoms with Gasteiger partial charge in [0, 0.05) is 45.1 Å². The summed E-state index contributed by atoms with van der Waals surface area (Å²) in [6.45, 7) is 8.19. The molecule has 2 aliphatic rings. The molecule has 7 heteroatoms. The van der Waals surface area contributed by atoms with E-state index < -0.39 is 5.60 Å². The van der Waals surface area contributed by atoms with Gasteiger partial charge in [0.2, 0.25) is 5.91 Å². The van der Waals surface area contributed by atoms with E-state index in [1.165, 1.54) is 39.0 Å². The third-order valence-corrected chi connectivity index (χ3v) is 8.33. The summed E-state index contributed by atoms with van der Waals surface area (Å²) >= 11 is 0. The Morgan fingerprint density at radius 2 is 1.78 bits per heavy atom. The second-order valence-electron chi connectivity index (χ2n) is 11.6. The minimum Gasteiger partial charge on any atom is -0.385 e. The highest BCUT2D eigenvalue weighted by Gasteiger charge is 2.41. The largest absolute Gasteiger partial charge is 0.385 e. The van der Waals surface area contributed by atoms with Crippen molar-refractivity contribution in [2.24, 2.45) is 11.8 Å². The fourth-order valence-corrected chi connectivity index (χ4v) is 6.51. The molecule has 1 heterocycles. The van der Waals surface area contributed by atoms with Gasteiger partial charge in [-0.25, -0.2) is 4.79 Å². The summed E-state index contributed by atoms with van der Waals surface area (Å²) in [6.07, 6.45) is 10.5. The van der Waals surface area contributed by atoms with E-state index in [9.17, 15) is 14.7 Å². The number of likely N-dealkylation sites (N-methyl/N-ethyl adjacent to an activating group) is 1. The van der Waals surface area contributed by atoms with Gasteiger partial charge in [-0.3, -0.25) is 4.79 Å². The minimum absolute atomic E-state index is 0.0122. The smallest absolute Gasteiger partial charge is 0.317 e. The van der Waals surface area contributed by atoms with E-state index in [0.717, 1.165) is 42.5 Å². The molecule has 1 aliphatic carbocycles. The fraction of sp³-hybridized carbons (Fsp3) is 0.733. The van der Waals surface area contributed by atoms with Crippen LogP contribution in [0.15, 0.2) is 18.2 Å². The summed E-state index contributed by atoms with van der Waals surface area (Å²) in [5.41, 5.74) is 2.11. The number of benzene rings is 1. The summed E-state index contributed by atoms with van der Waals surface area (Å²) in [4.78, 5) is 26.7. The van der Waals surface area contributed by atoms with Crippen LogP contribution in [0.2, 0.25) is 0 Å². The maximum Gasteiger partial charge on any atom is 0.317 e. The Kier molecular flexibility index (Phi) is 11.3. The molecule has 1 saturated carbocycles. The molecule has 0 spiro atoms. The van der Waals surface area contributed by atoms with E-state index in [1.807, 2.05) is 11.9 Å². The van der Waals surface area contributed by atoms with E-state index in [4.69, 9.17) is 0 Å². The minimum atomic E-state index is -1.05. The number of hydrogen-bond donors (Lipinski definition) is 4. The molecular formula is C30H50N4O3. The standard InChI is InChI=1S/C30H50N4O3/c1-22-16-23(2)18-27(17-22)30(37,13-9-14-32-24(3)35)26-12-8-15-34(21-26)29(36)33-28(20-31-4)19-25-10-6-5-7-11-25/h16-18,25-26,28,31,37H,5-15,19-21H2,1-4H3,(H,32,35)(H,33,36)/t26-,28?,30+/m1/s1. The number of piperidine rings is 1. The lowest BCUT2D eigenvalue weighted by Gasteiger charge is -2.43. The van der Waals surface area contributed by atoms with Gasteiger partial charge in [-0.15, -0.1) is 0 Å². The van der Waals surface area contributed by atoms with E-state index >= 15 is 0 Å². The second kappa shape index (κ2) is 14.1. The van der Waals surface area contributed by atoms with Crippen LogP contribution in [0, 0.1) is 25.7 Å². The maximum absolute atomic E-state index is 13.4. The summed E-state index contributed by atoms with van der Waals surface area (Å²) in [5, 5.41) is 21.7. The molecule has 0 bridgehead atoms. The van der Waals surface area contributed by atoms with Crippen molar-refractivity contribution < 1.29 is 14.7 Å². The molecule has 1 aromatic rings. The number of carbonyl (C=O) groups is 2. The Morgan fingerprint density at radius 1 is 1.08 bits per heavy atom. The summed E-state index contributed by atoms with van der Waals surface area (Å²) in [7, 11) is 1.95. The van der Waals surface area contributed by atoms with Crippen LogP contribution in [0.3, 0.4) is 0 Å². The van der Waals surface area contributed by atoms with Crippen molar-refractivity contribution in [1.82, 2.24) is 20.9 Å². The first-order valence-electron chi connectivity index (χ1n) is 14.5. The molecule has 1 saturated heterocycles. The van der Waals surface area contributed by atoms with Crippen molar-refractivity contribution in [2.45, 2.75) is 96.6 Å². The quantitative estimate of drug-likeness (QED) is 0.330. The Labute approximate surface area is 224 Å². The molecule has 208 valence electrons. The van der Waals surface area contributed by atoms with Crippen molar-refractivity contribution >= 4 is 11.9 Å². The average Bonchev–Trinajstić information content (AvgIpc) is 2.86. The molecule has 3 rings (SSSR count). The molecule has 0 radical (unpaired) electrons. The van der Waals surface area contributed by atoms with Gasteiger partial charge in [-0.1, -0.05) is 61.4 Å². The van der Waals surface area contributed by atoms with Crippen molar-refractivity contribution in [3.63, 3.8) is 0 Å². The molecule has 0 aromatic heterocycles. The van der Waals surface area contributed by atoms with Crippen LogP contribution in [0.5, 0.6) is 0 Å². The van der Waals surface area contributed by atoms with E-state index in [1.54, 1.807) is 0 Å². The highest BCUT2D eigenvalue weighted by atomic mass is 16.3. The lowest BCUT2D eigenvalue weighted by Crippen LogP contribution is -2.54. The Bertz CT molecular complexity index is 865. The molecule has 2 fully saturated rings. The van der Waals surface area contributed by atoms with Crippen LogP contribution < -0.4 is 16.0 Å². The molecule has 1 aliphatic heterocycles. The number of aryl methyl sites for hydroxylation is 2. The first kappa shape index (κ1) is 29.4. The predicted octanol–water partition coefficient (Wildman–Crippen LogP) is 4.39. The van der Waals surface area contributed by atoms with E-state index in [0.29, 0.717) is 38.4 Å². The van der Waals surface area contributed by atoms with Crippen molar-refractivity contribution in [1.29, 1.82) is 0 Å². The first-order valence-corrected chi connectivity index (χ1v) is 14.5. The third kappa shape index (κ3) is 8.71. The summed E-state index contributed by atoms with van der Waals surface area (Å²) in [5.74, 6) is 0.575. The number of amides is 3. The van der Waals surface area contributed by atoms with Crippen LogP contribution in [-0.4, -0.2) is 61.2 Å². The number of nitrogens with one attached hydrogen (secondary N) is 3. The van der Waals surface area contributed by atoms with E-state index in [-0.39, 0.29) is 23.9 Å². The number of nitrogens with zero attached hydrogens (tertiary/aromatic N) is 1. The number of hydrogen-bond acceptors (Lipinski definition) is 4. The lowest BCUT2D eigenvalue weighted by molar-refractivity contribution is -0.119. The normalized spacial score (nSPS) is 21.2. The van der Waals surface area contributed by atoms with E-state index in [2.05, 4.69) is 48.0 Å². The molecular weight excluding hydrogens is 464 g/mol. The maximum atomic E-state index is 13.4. The molecule has 1 aromatic carbocycles. The number of aliphatic hydroxyl groups is 1. The molecule has 1 unspecified atom stereocenters. The van der Waals surface area contributed by atoms with Crippen LogP contribution in [-0.2, 0) is 10.4 Å². The van der Waals surface area contributed by atoms with Crippen molar-refractivity contribution in [2.75, 3.05) is 33.2 Å². The second-order valence-corrected chi connectivity index (χ2v) is 11.6. The first-order chi connectivity index (χ1) is 17.7. The third-order valence-electron chi connectivity index (χ3n) is 8.33. The summed E-state index contributed by atoms with van der Waals surface area (Å²) in [6, 6.07) is 6.39. The molecule has 7 nitrogen and oxygen atoms in total. The number of urea groups is 1. The van der Waals surface area contributed by atoms with Gasteiger partial charge in [-0.05, 0) is 64.5 Å². The van der Waals surface area contributed by atoms with Gasteiger partial charge in [0.15, 0.2) is 0 Å². The van der Waals surface area contributed by atoms with Crippen molar-refractivity contribution in [3.8, 4) is 0 Å².